The number of H-pyrrole nitrogens is 1. The van der Waals surface area contributed by atoms with E-state index in [0.29, 0.717) is 12.8 Å². The van der Waals surface area contributed by atoms with E-state index in [-0.39, 0.29) is 17.7 Å². The van der Waals surface area contributed by atoms with Crippen molar-refractivity contribution in [3.8, 4) is 0 Å². The lowest BCUT2D eigenvalue weighted by atomic mass is 9.83. The number of aryl methyl sites for hydroxylation is 1. The van der Waals surface area contributed by atoms with Gasteiger partial charge >= 0.3 is 0 Å². The summed E-state index contributed by atoms with van der Waals surface area (Å²) in [4.78, 5) is 41.5. The third-order valence-electron chi connectivity index (χ3n) is 6.25. The standard InChI is InChI=1S/C23H17N3O3/c27-18-9-8-12-4-3-6-14-16(11-26(18)21(12)14)20-19(22(28)25-23(20)29)15-10-24-17-7-2-1-5-13(15)17/h1-7,10-11,19-20,24H,8-9H2,(H,25,28,29). The van der Waals surface area contributed by atoms with E-state index in [1.807, 2.05) is 48.7 Å². The normalized spacial score (nSPS) is 21.3. The Morgan fingerprint density at radius 3 is 2.45 bits per heavy atom. The second kappa shape index (κ2) is 5.67. The van der Waals surface area contributed by atoms with Crippen molar-refractivity contribution in [1.82, 2.24) is 14.9 Å². The SMILES string of the molecule is O=C1NC(=O)C(c2cn3c4c(cccc24)CCC3=O)C1c1c[nH]c2ccccc12. The van der Waals surface area contributed by atoms with Crippen molar-refractivity contribution in [2.75, 3.05) is 0 Å². The topological polar surface area (TPSA) is 84.0 Å². The highest BCUT2D eigenvalue weighted by atomic mass is 16.2. The van der Waals surface area contributed by atoms with E-state index in [2.05, 4.69) is 10.3 Å². The summed E-state index contributed by atoms with van der Waals surface area (Å²) in [5.74, 6) is -1.92. The molecule has 6 nitrogen and oxygen atoms in total. The third-order valence-corrected chi connectivity index (χ3v) is 6.25. The summed E-state index contributed by atoms with van der Waals surface area (Å²) in [5.41, 5.74) is 4.42. The predicted octanol–water partition coefficient (Wildman–Crippen LogP) is 3.23. The summed E-state index contributed by atoms with van der Waals surface area (Å²) in [6, 6.07) is 13.7. The summed E-state index contributed by atoms with van der Waals surface area (Å²) in [6.45, 7) is 0. The van der Waals surface area contributed by atoms with Crippen molar-refractivity contribution in [2.45, 2.75) is 24.7 Å². The number of benzene rings is 2. The number of aromatic amines is 1. The molecule has 2 aliphatic rings. The second-order valence-corrected chi connectivity index (χ2v) is 7.76. The maximum Gasteiger partial charge on any atom is 0.235 e. The minimum Gasteiger partial charge on any atom is -0.361 e. The number of hydrogen-bond donors (Lipinski definition) is 2. The van der Waals surface area contributed by atoms with Gasteiger partial charge in [-0.05, 0) is 29.2 Å². The fourth-order valence-corrected chi connectivity index (χ4v) is 4.96. The van der Waals surface area contributed by atoms with E-state index in [9.17, 15) is 14.4 Å². The van der Waals surface area contributed by atoms with Crippen molar-refractivity contribution < 1.29 is 14.4 Å². The predicted molar refractivity (Wildman–Crippen MR) is 108 cm³/mol. The number of carbonyl (C=O) groups excluding carboxylic acids is 3. The lowest BCUT2D eigenvalue weighted by Crippen LogP contribution is -2.21. The molecule has 2 aromatic carbocycles. The zero-order valence-electron chi connectivity index (χ0n) is 15.4. The molecule has 0 spiro atoms. The molecule has 29 heavy (non-hydrogen) atoms. The average molecular weight is 383 g/mol. The maximum atomic E-state index is 12.9. The molecule has 4 aromatic rings. The molecule has 6 rings (SSSR count). The van der Waals surface area contributed by atoms with Gasteiger partial charge in [0.15, 0.2) is 0 Å². The highest BCUT2D eigenvalue weighted by molar-refractivity contribution is 6.13. The molecule has 1 fully saturated rings. The molecule has 0 saturated carbocycles. The van der Waals surface area contributed by atoms with Crippen LogP contribution in [0.1, 0.15) is 39.7 Å². The van der Waals surface area contributed by atoms with Gasteiger partial charge < -0.3 is 4.98 Å². The maximum absolute atomic E-state index is 12.9. The molecule has 0 bridgehead atoms. The molecular formula is C23H17N3O3. The van der Waals surface area contributed by atoms with Crippen LogP contribution in [-0.4, -0.2) is 27.3 Å². The van der Waals surface area contributed by atoms with Crippen molar-refractivity contribution in [3.05, 3.63) is 71.5 Å². The molecule has 2 amide bonds. The fourth-order valence-electron chi connectivity index (χ4n) is 4.96. The zero-order valence-corrected chi connectivity index (χ0v) is 15.4. The van der Waals surface area contributed by atoms with Gasteiger partial charge in [-0.3, -0.25) is 24.3 Å². The van der Waals surface area contributed by atoms with E-state index in [1.165, 1.54) is 0 Å². The molecular weight excluding hydrogens is 366 g/mol. The van der Waals surface area contributed by atoms with Crippen LogP contribution in [0.3, 0.4) is 0 Å². The number of amides is 2. The number of fused-ring (bicyclic) bond motifs is 1. The van der Waals surface area contributed by atoms with Gasteiger partial charge in [0.25, 0.3) is 0 Å². The molecule has 0 aliphatic carbocycles. The summed E-state index contributed by atoms with van der Waals surface area (Å²) < 4.78 is 1.66. The average Bonchev–Trinajstić information content (AvgIpc) is 3.39. The fraction of sp³-hybridized carbons (Fsp3) is 0.174. The monoisotopic (exact) mass is 383 g/mol. The number of para-hydroxylation sites is 2. The number of aromatic nitrogens is 2. The van der Waals surface area contributed by atoms with Crippen LogP contribution in [0.2, 0.25) is 0 Å². The van der Waals surface area contributed by atoms with Gasteiger partial charge in [0, 0.05) is 35.1 Å². The first-order chi connectivity index (χ1) is 14.1. The Hall–Kier alpha value is -3.67. The second-order valence-electron chi connectivity index (χ2n) is 7.76. The van der Waals surface area contributed by atoms with Gasteiger partial charge in [0.2, 0.25) is 17.7 Å². The summed E-state index contributed by atoms with van der Waals surface area (Å²) in [7, 11) is 0. The van der Waals surface area contributed by atoms with Crippen LogP contribution in [0, 0.1) is 0 Å². The van der Waals surface area contributed by atoms with Crippen molar-refractivity contribution >= 4 is 39.5 Å². The van der Waals surface area contributed by atoms with E-state index in [4.69, 9.17) is 0 Å². The quantitative estimate of drug-likeness (QED) is 0.521. The van der Waals surface area contributed by atoms with Crippen molar-refractivity contribution in [1.29, 1.82) is 0 Å². The minimum atomic E-state index is -0.674. The molecule has 142 valence electrons. The molecule has 4 heterocycles. The van der Waals surface area contributed by atoms with Crippen LogP contribution in [-0.2, 0) is 16.0 Å². The number of imide groups is 1. The van der Waals surface area contributed by atoms with Crippen LogP contribution >= 0.6 is 0 Å². The van der Waals surface area contributed by atoms with Gasteiger partial charge in [-0.2, -0.15) is 0 Å². The summed E-state index contributed by atoms with van der Waals surface area (Å²) in [6.07, 6.45) is 4.72. The minimum absolute atomic E-state index is 0.0216. The third kappa shape index (κ3) is 2.14. The molecule has 1 saturated heterocycles. The lowest BCUT2D eigenvalue weighted by Gasteiger charge is -2.15. The molecule has 2 aliphatic heterocycles. The Bertz CT molecular complexity index is 1360. The van der Waals surface area contributed by atoms with Gasteiger partial charge in [0.05, 0.1) is 17.4 Å². The smallest absolute Gasteiger partial charge is 0.235 e. The van der Waals surface area contributed by atoms with Crippen LogP contribution < -0.4 is 5.32 Å². The Labute approximate surface area is 165 Å². The Morgan fingerprint density at radius 2 is 1.59 bits per heavy atom. The lowest BCUT2D eigenvalue weighted by molar-refractivity contribution is -0.125. The van der Waals surface area contributed by atoms with Crippen molar-refractivity contribution in [3.63, 3.8) is 0 Å². The van der Waals surface area contributed by atoms with Crippen LogP contribution in [0.25, 0.3) is 21.8 Å². The van der Waals surface area contributed by atoms with Gasteiger partial charge in [-0.15, -0.1) is 0 Å². The first-order valence-corrected chi connectivity index (χ1v) is 9.70. The van der Waals surface area contributed by atoms with E-state index in [1.54, 1.807) is 10.8 Å². The molecule has 6 heteroatoms. The van der Waals surface area contributed by atoms with Crippen LogP contribution in [0.4, 0.5) is 0 Å². The van der Waals surface area contributed by atoms with Gasteiger partial charge in [-0.25, -0.2) is 0 Å². The van der Waals surface area contributed by atoms with Crippen LogP contribution in [0.5, 0.6) is 0 Å². The van der Waals surface area contributed by atoms with Crippen LogP contribution in [0.15, 0.2) is 54.9 Å². The zero-order chi connectivity index (χ0) is 19.7. The van der Waals surface area contributed by atoms with E-state index < -0.39 is 11.8 Å². The number of carbonyl (C=O) groups is 3. The van der Waals surface area contributed by atoms with Gasteiger partial charge in [-0.1, -0.05) is 36.4 Å². The number of nitrogens with one attached hydrogen (secondary N) is 2. The van der Waals surface area contributed by atoms with E-state index in [0.717, 1.165) is 38.5 Å². The van der Waals surface area contributed by atoms with E-state index >= 15 is 0 Å². The number of rotatable bonds is 2. The van der Waals surface area contributed by atoms with Gasteiger partial charge in [0.1, 0.15) is 0 Å². The summed E-state index contributed by atoms with van der Waals surface area (Å²) in [5, 5.41) is 4.31. The first-order valence-electron chi connectivity index (χ1n) is 9.70. The highest BCUT2D eigenvalue weighted by Gasteiger charge is 2.46. The number of hydrogen-bond acceptors (Lipinski definition) is 3. The molecule has 2 N–H and O–H groups in total. The Morgan fingerprint density at radius 1 is 0.828 bits per heavy atom. The largest absolute Gasteiger partial charge is 0.361 e. The molecule has 2 unspecified atom stereocenters. The Balaban J connectivity index is 1.60. The van der Waals surface area contributed by atoms with Crippen molar-refractivity contribution in [2.24, 2.45) is 0 Å². The molecule has 0 radical (unpaired) electrons. The first kappa shape index (κ1) is 16.3. The number of nitrogens with zero attached hydrogens (tertiary/aromatic N) is 1. The highest BCUT2D eigenvalue weighted by Crippen LogP contribution is 2.44. The molecule has 2 atom stereocenters. The molecule has 2 aromatic heterocycles. The Kier molecular flexibility index (Phi) is 3.19. The summed E-state index contributed by atoms with van der Waals surface area (Å²) >= 11 is 0.